The summed E-state index contributed by atoms with van der Waals surface area (Å²) in [6.07, 6.45) is 1.75. The highest BCUT2D eigenvalue weighted by molar-refractivity contribution is 7.15. The van der Waals surface area contributed by atoms with Gasteiger partial charge in [-0.3, -0.25) is 5.32 Å². The number of rotatable bonds is 4. The second-order valence-corrected chi connectivity index (χ2v) is 6.58. The first kappa shape index (κ1) is 17.0. The molecule has 1 aromatic carbocycles. The van der Waals surface area contributed by atoms with Crippen molar-refractivity contribution in [3.8, 4) is 0 Å². The van der Waals surface area contributed by atoms with Gasteiger partial charge in [-0.25, -0.2) is 14.6 Å². The number of nitrogens with zero attached hydrogens (tertiary/aromatic N) is 1. The molecular weight excluding hydrogens is 314 g/mol. The summed E-state index contributed by atoms with van der Waals surface area (Å²) in [6.45, 7) is 7.62. The Kier molecular flexibility index (Phi) is 5.00. The molecule has 2 amide bonds. The fourth-order valence-electron chi connectivity index (χ4n) is 2.05. The van der Waals surface area contributed by atoms with Gasteiger partial charge in [0.1, 0.15) is 0 Å². The predicted octanol–water partition coefficient (Wildman–Crippen LogP) is 4.23. The van der Waals surface area contributed by atoms with Gasteiger partial charge in [-0.15, -0.1) is 11.3 Å². The highest BCUT2D eigenvalue weighted by atomic mass is 32.1. The number of benzene rings is 1. The second kappa shape index (κ2) is 6.78. The van der Waals surface area contributed by atoms with Gasteiger partial charge < -0.3 is 10.4 Å². The number of hydrogen-bond donors (Lipinski definition) is 3. The van der Waals surface area contributed by atoms with Crippen molar-refractivity contribution in [2.24, 2.45) is 0 Å². The molecule has 0 saturated heterocycles. The number of thiazole rings is 1. The molecule has 23 heavy (non-hydrogen) atoms. The molecular formula is C16H19N3O3S. The fraction of sp³-hybridized carbons (Fsp3) is 0.312. The second-order valence-electron chi connectivity index (χ2n) is 5.52. The number of nitrogens with one attached hydrogen (secondary N) is 2. The Bertz CT molecular complexity index is 753. The Hall–Kier alpha value is -2.41. The summed E-state index contributed by atoms with van der Waals surface area (Å²) in [5.41, 5.74) is 2.16. The number of aromatic nitrogens is 1. The lowest BCUT2D eigenvalue weighted by Gasteiger charge is -2.12. The maximum atomic E-state index is 12.1. The van der Waals surface area contributed by atoms with E-state index in [1.807, 2.05) is 0 Å². The topological polar surface area (TPSA) is 91.3 Å². The van der Waals surface area contributed by atoms with E-state index in [1.165, 1.54) is 17.4 Å². The summed E-state index contributed by atoms with van der Waals surface area (Å²) in [6, 6.07) is 2.67. The molecule has 0 radical (unpaired) electrons. The van der Waals surface area contributed by atoms with Gasteiger partial charge in [0.2, 0.25) is 0 Å². The quantitative estimate of drug-likeness (QED) is 0.781. The first-order valence-corrected chi connectivity index (χ1v) is 7.98. The molecule has 6 nitrogen and oxygen atoms in total. The fourth-order valence-corrected chi connectivity index (χ4v) is 2.86. The third-order valence-corrected chi connectivity index (χ3v) is 4.79. The molecule has 0 spiro atoms. The van der Waals surface area contributed by atoms with Crippen molar-refractivity contribution in [1.29, 1.82) is 0 Å². The van der Waals surface area contributed by atoms with Crippen molar-refractivity contribution in [2.45, 2.75) is 33.6 Å². The van der Waals surface area contributed by atoms with E-state index in [2.05, 4.69) is 29.5 Å². The summed E-state index contributed by atoms with van der Waals surface area (Å²) < 4.78 is 0. The van der Waals surface area contributed by atoms with Gasteiger partial charge in [0.05, 0.1) is 5.56 Å². The molecule has 0 saturated carbocycles. The van der Waals surface area contributed by atoms with E-state index in [9.17, 15) is 9.59 Å². The number of anilines is 2. The van der Waals surface area contributed by atoms with Crippen molar-refractivity contribution in [3.63, 3.8) is 0 Å². The van der Waals surface area contributed by atoms with Crippen molar-refractivity contribution >= 4 is 34.2 Å². The summed E-state index contributed by atoms with van der Waals surface area (Å²) in [4.78, 5) is 28.4. The molecule has 0 bridgehead atoms. The van der Waals surface area contributed by atoms with E-state index < -0.39 is 12.0 Å². The van der Waals surface area contributed by atoms with E-state index in [0.717, 1.165) is 10.4 Å². The van der Waals surface area contributed by atoms with E-state index in [-0.39, 0.29) is 5.56 Å². The first-order chi connectivity index (χ1) is 10.8. The van der Waals surface area contributed by atoms with Crippen LogP contribution in [0.15, 0.2) is 18.3 Å². The van der Waals surface area contributed by atoms with Gasteiger partial charge in [-0.2, -0.15) is 0 Å². The number of amides is 2. The summed E-state index contributed by atoms with van der Waals surface area (Å²) in [5.74, 6) is -0.620. The number of carbonyl (C=O) groups excluding carboxylic acids is 1. The van der Waals surface area contributed by atoms with Gasteiger partial charge in [0.15, 0.2) is 5.13 Å². The van der Waals surface area contributed by atoms with Crippen LogP contribution in [0.1, 0.15) is 46.1 Å². The molecule has 3 N–H and O–H groups in total. The minimum absolute atomic E-state index is 0.231. The number of urea groups is 1. The standard InChI is InChI=1S/C16H19N3O3S/c1-8(2)13-7-17-16(23-13)19-15(22)18-12-6-5-11(14(20)21)9(3)10(12)4/h5-8H,1-4H3,(H,20,21)(H2,17,18,19,22). The Morgan fingerprint density at radius 1 is 1.17 bits per heavy atom. The number of carboxylic acid groups (broad SMARTS) is 1. The van der Waals surface area contributed by atoms with Crippen molar-refractivity contribution in [1.82, 2.24) is 4.98 Å². The third kappa shape index (κ3) is 3.87. The number of carbonyl (C=O) groups is 2. The van der Waals surface area contributed by atoms with Gasteiger partial charge in [-0.05, 0) is 43.0 Å². The lowest BCUT2D eigenvalue weighted by Crippen LogP contribution is -2.20. The molecule has 0 aliphatic rings. The van der Waals surface area contributed by atoms with Crippen LogP contribution in [-0.4, -0.2) is 22.1 Å². The van der Waals surface area contributed by atoms with Crippen LogP contribution < -0.4 is 10.6 Å². The Morgan fingerprint density at radius 2 is 1.87 bits per heavy atom. The van der Waals surface area contributed by atoms with Crippen LogP contribution >= 0.6 is 11.3 Å². The molecule has 2 rings (SSSR count). The molecule has 0 fully saturated rings. The number of carboxylic acids is 1. The molecule has 7 heteroatoms. The van der Waals surface area contributed by atoms with Gasteiger partial charge in [0.25, 0.3) is 0 Å². The molecule has 0 aliphatic heterocycles. The average Bonchev–Trinajstić information content (AvgIpc) is 2.92. The third-order valence-electron chi connectivity index (χ3n) is 3.58. The molecule has 0 atom stereocenters. The average molecular weight is 333 g/mol. The molecule has 122 valence electrons. The molecule has 1 aromatic heterocycles. The molecule has 1 heterocycles. The minimum Gasteiger partial charge on any atom is -0.478 e. The maximum absolute atomic E-state index is 12.1. The maximum Gasteiger partial charge on any atom is 0.335 e. The van der Waals surface area contributed by atoms with E-state index in [0.29, 0.717) is 22.3 Å². The zero-order valence-electron chi connectivity index (χ0n) is 13.4. The van der Waals surface area contributed by atoms with Crippen molar-refractivity contribution in [2.75, 3.05) is 10.6 Å². The summed E-state index contributed by atoms with van der Waals surface area (Å²) in [7, 11) is 0. The highest BCUT2D eigenvalue weighted by Gasteiger charge is 2.14. The van der Waals surface area contributed by atoms with E-state index in [4.69, 9.17) is 5.11 Å². The van der Waals surface area contributed by atoms with Crippen LogP contribution in [0.25, 0.3) is 0 Å². The van der Waals surface area contributed by atoms with E-state index in [1.54, 1.807) is 26.1 Å². The van der Waals surface area contributed by atoms with Crippen LogP contribution in [0.4, 0.5) is 15.6 Å². The van der Waals surface area contributed by atoms with E-state index >= 15 is 0 Å². The summed E-state index contributed by atoms with van der Waals surface area (Å²) >= 11 is 1.43. The molecule has 2 aromatic rings. The van der Waals surface area contributed by atoms with Crippen LogP contribution in [0.5, 0.6) is 0 Å². The van der Waals surface area contributed by atoms with Crippen LogP contribution in [0, 0.1) is 13.8 Å². The van der Waals surface area contributed by atoms with Crippen LogP contribution in [0.2, 0.25) is 0 Å². The number of hydrogen-bond acceptors (Lipinski definition) is 4. The van der Waals surface area contributed by atoms with Crippen molar-refractivity contribution < 1.29 is 14.7 Å². The van der Waals surface area contributed by atoms with Gasteiger partial charge >= 0.3 is 12.0 Å². The SMILES string of the molecule is Cc1c(NC(=O)Nc2ncc(C(C)C)s2)ccc(C(=O)O)c1C. The molecule has 0 aliphatic carbocycles. The van der Waals surface area contributed by atoms with Crippen LogP contribution in [0.3, 0.4) is 0 Å². The zero-order chi connectivity index (χ0) is 17.1. The smallest absolute Gasteiger partial charge is 0.335 e. The minimum atomic E-state index is -0.981. The highest BCUT2D eigenvalue weighted by Crippen LogP contribution is 2.26. The zero-order valence-corrected chi connectivity index (χ0v) is 14.2. The molecule has 0 unspecified atom stereocenters. The van der Waals surface area contributed by atoms with Gasteiger partial charge in [0, 0.05) is 16.8 Å². The Morgan fingerprint density at radius 3 is 2.43 bits per heavy atom. The Labute approximate surface area is 138 Å². The predicted molar refractivity (Wildman–Crippen MR) is 91.7 cm³/mol. The largest absolute Gasteiger partial charge is 0.478 e. The number of aromatic carboxylic acids is 1. The lowest BCUT2D eigenvalue weighted by molar-refractivity contribution is 0.0696. The monoisotopic (exact) mass is 333 g/mol. The van der Waals surface area contributed by atoms with Crippen LogP contribution in [-0.2, 0) is 0 Å². The first-order valence-electron chi connectivity index (χ1n) is 7.16. The Balaban J connectivity index is 2.11. The lowest BCUT2D eigenvalue weighted by atomic mass is 10.0. The summed E-state index contributed by atoms with van der Waals surface area (Å²) in [5, 5.41) is 15.0. The van der Waals surface area contributed by atoms with Gasteiger partial charge in [-0.1, -0.05) is 13.8 Å². The normalized spacial score (nSPS) is 10.7. The van der Waals surface area contributed by atoms with Crippen molar-refractivity contribution in [3.05, 3.63) is 39.9 Å².